The molecule has 0 spiro atoms. The molecule has 59 heavy (non-hydrogen) atoms. The quantitative estimate of drug-likeness (QED) is 0.164. The van der Waals surface area contributed by atoms with Gasteiger partial charge in [0.2, 0.25) is 0 Å². The molecule has 3 aliphatic rings. The summed E-state index contributed by atoms with van der Waals surface area (Å²) in [5.41, 5.74) is 16.1. The third kappa shape index (κ3) is 4.29. The summed E-state index contributed by atoms with van der Waals surface area (Å²) in [6, 6.07) is 59.9. The van der Waals surface area contributed by atoms with Gasteiger partial charge in [0.15, 0.2) is 5.82 Å². The van der Waals surface area contributed by atoms with E-state index < -0.39 is 0 Å². The number of aromatic nitrogens is 4. The van der Waals surface area contributed by atoms with Gasteiger partial charge in [0.25, 0.3) is 0 Å². The Morgan fingerprint density at radius 2 is 1.20 bits per heavy atom. The summed E-state index contributed by atoms with van der Waals surface area (Å²) in [6.45, 7) is 0. The maximum atomic E-state index is 5.66. The summed E-state index contributed by atoms with van der Waals surface area (Å²) < 4.78 is 4.90. The van der Waals surface area contributed by atoms with Crippen LogP contribution in [0.1, 0.15) is 17.2 Å². The molecule has 0 amide bonds. The molecule has 274 valence electrons. The van der Waals surface area contributed by atoms with Gasteiger partial charge in [0.1, 0.15) is 5.69 Å². The number of rotatable bonds is 2. The zero-order valence-electron chi connectivity index (χ0n) is 31.7. The number of hydrogen-bond acceptors (Lipinski definition) is 3. The Morgan fingerprint density at radius 3 is 2.12 bits per heavy atom. The van der Waals surface area contributed by atoms with Gasteiger partial charge in [0.05, 0.1) is 38.8 Å². The van der Waals surface area contributed by atoms with Gasteiger partial charge < -0.3 is 4.57 Å². The van der Waals surface area contributed by atoms with Gasteiger partial charge in [0, 0.05) is 59.7 Å². The lowest BCUT2D eigenvalue weighted by molar-refractivity contribution is 0.882. The van der Waals surface area contributed by atoms with Crippen molar-refractivity contribution in [3.8, 4) is 33.8 Å². The first-order chi connectivity index (χ1) is 29.3. The number of allylic oxidation sites excluding steroid dienone is 3. The van der Waals surface area contributed by atoms with E-state index in [1.807, 2.05) is 11.8 Å². The third-order valence-electron chi connectivity index (χ3n) is 13.0. The van der Waals surface area contributed by atoms with Crippen molar-refractivity contribution in [2.75, 3.05) is 0 Å². The molecule has 2 unspecified atom stereocenters. The number of para-hydroxylation sites is 3. The fourth-order valence-electron chi connectivity index (χ4n) is 10.4. The van der Waals surface area contributed by atoms with Gasteiger partial charge in [-0.25, -0.2) is 9.97 Å². The first-order valence-corrected chi connectivity index (χ1v) is 21.2. The van der Waals surface area contributed by atoms with Crippen molar-refractivity contribution < 1.29 is 0 Å². The van der Waals surface area contributed by atoms with Gasteiger partial charge in [-0.05, 0) is 58.5 Å². The highest BCUT2D eigenvalue weighted by Crippen LogP contribution is 2.51. The predicted molar refractivity (Wildman–Crippen MR) is 246 cm³/mol. The number of fused-ring (bicyclic) bond motifs is 17. The van der Waals surface area contributed by atoms with E-state index in [1.54, 1.807) is 0 Å². The normalized spacial score (nSPS) is 16.4. The summed E-state index contributed by atoms with van der Waals surface area (Å²) in [6.07, 6.45) is 7.12. The largest absolute Gasteiger partial charge is 0.308 e. The van der Waals surface area contributed by atoms with Crippen LogP contribution < -0.4 is 0 Å². The second-order valence-electron chi connectivity index (χ2n) is 16.0. The van der Waals surface area contributed by atoms with Crippen LogP contribution in [-0.4, -0.2) is 24.4 Å². The maximum absolute atomic E-state index is 5.66. The average Bonchev–Trinajstić information content (AvgIpc) is 3.92. The molecule has 8 aromatic carbocycles. The van der Waals surface area contributed by atoms with Crippen LogP contribution in [0.15, 0.2) is 187 Å². The lowest BCUT2D eigenvalue weighted by Gasteiger charge is -2.21. The van der Waals surface area contributed by atoms with Crippen molar-refractivity contribution in [3.05, 3.63) is 193 Å². The Labute approximate surface area is 343 Å². The van der Waals surface area contributed by atoms with Crippen LogP contribution in [0.3, 0.4) is 0 Å². The Kier molecular flexibility index (Phi) is 6.31. The van der Waals surface area contributed by atoms with E-state index in [0.717, 1.165) is 49.9 Å². The number of hydrogen-bond donors (Lipinski definition) is 0. The van der Waals surface area contributed by atoms with Crippen LogP contribution in [0.25, 0.3) is 105 Å². The number of benzene rings is 8. The first-order valence-electron chi connectivity index (χ1n) is 20.3. The summed E-state index contributed by atoms with van der Waals surface area (Å²) in [5, 5.41) is 7.47. The molecule has 4 nitrogen and oxygen atoms in total. The molecule has 5 heteroatoms. The van der Waals surface area contributed by atoms with E-state index in [0.29, 0.717) is 5.25 Å². The van der Waals surface area contributed by atoms with Crippen LogP contribution in [0.2, 0.25) is 0 Å². The van der Waals surface area contributed by atoms with Gasteiger partial charge >= 0.3 is 0 Å². The van der Waals surface area contributed by atoms with E-state index in [9.17, 15) is 0 Å². The summed E-state index contributed by atoms with van der Waals surface area (Å²) in [7, 11) is 0. The van der Waals surface area contributed by atoms with E-state index in [1.165, 1.54) is 71.0 Å². The highest BCUT2D eigenvalue weighted by molar-refractivity contribution is 8.00. The minimum Gasteiger partial charge on any atom is -0.308 e. The maximum Gasteiger partial charge on any atom is 0.165 e. The van der Waals surface area contributed by atoms with Crippen molar-refractivity contribution >= 4 is 82.8 Å². The standard InChI is InChI=1S/C54H32N4S/c1-2-13-33-31(12-1)24-26-44-52(33)56-51(32-25-27-50-43(28-32)38-18-7-10-23-49(38)59-50)54(55-44)58-46-22-9-6-17-37(46)41-29-47-42(30-48(41)58)40-20-11-19-39-35-15-4-3-14-34(35)36-16-5-8-21-45(36)57(47)53(39)40/h1-30,43,50H. The van der Waals surface area contributed by atoms with Crippen molar-refractivity contribution in [2.45, 2.75) is 16.1 Å². The Hall–Kier alpha value is -7.21. The number of nitrogens with zero attached hydrogens (tertiary/aromatic N) is 4. The van der Waals surface area contributed by atoms with Crippen molar-refractivity contribution in [3.63, 3.8) is 0 Å². The highest BCUT2D eigenvalue weighted by atomic mass is 32.2. The van der Waals surface area contributed by atoms with Gasteiger partial charge in [-0.3, -0.25) is 4.57 Å². The molecule has 11 aromatic rings. The zero-order chi connectivity index (χ0) is 38.3. The minimum absolute atomic E-state index is 0.263. The topological polar surface area (TPSA) is 35.6 Å². The Balaban J connectivity index is 1.11. The molecule has 2 atom stereocenters. The first kappa shape index (κ1) is 31.8. The second-order valence-corrected chi connectivity index (χ2v) is 17.2. The van der Waals surface area contributed by atoms with Crippen molar-refractivity contribution in [1.29, 1.82) is 0 Å². The molecule has 0 saturated carbocycles. The smallest absolute Gasteiger partial charge is 0.165 e. The SMILES string of the molecule is C1=CC2Sc3ccccc3C2C=C1c1nc2c(ccc3ccccc32)nc1-n1c2ccccc2c2cc3c(cc21)c1cccc2c1n3-c1ccccc1-c1ccccc1-2. The molecule has 0 saturated heterocycles. The fraction of sp³-hybridized carbons (Fsp3) is 0.0370. The monoisotopic (exact) mass is 768 g/mol. The molecule has 0 fully saturated rings. The molecule has 5 heterocycles. The van der Waals surface area contributed by atoms with Gasteiger partial charge in [-0.2, -0.15) is 0 Å². The Morgan fingerprint density at radius 1 is 0.508 bits per heavy atom. The summed E-state index contributed by atoms with van der Waals surface area (Å²) in [4.78, 5) is 12.7. The minimum atomic E-state index is 0.263. The molecular weight excluding hydrogens is 737 g/mol. The third-order valence-corrected chi connectivity index (χ3v) is 14.3. The molecular formula is C54H32N4S. The van der Waals surface area contributed by atoms with E-state index in [4.69, 9.17) is 9.97 Å². The van der Waals surface area contributed by atoms with Crippen LogP contribution >= 0.6 is 11.8 Å². The van der Waals surface area contributed by atoms with E-state index in [2.05, 4.69) is 191 Å². The van der Waals surface area contributed by atoms with Gasteiger partial charge in [-0.15, -0.1) is 11.8 Å². The molecule has 3 aromatic heterocycles. The summed E-state index contributed by atoms with van der Waals surface area (Å²) in [5.74, 6) is 1.11. The van der Waals surface area contributed by atoms with E-state index >= 15 is 0 Å². The Bertz CT molecular complexity index is 3730. The average molecular weight is 769 g/mol. The zero-order valence-corrected chi connectivity index (χ0v) is 32.5. The summed E-state index contributed by atoms with van der Waals surface area (Å²) >= 11 is 1.96. The van der Waals surface area contributed by atoms with Crippen LogP contribution in [0, 0.1) is 0 Å². The van der Waals surface area contributed by atoms with Crippen LogP contribution in [0.4, 0.5) is 0 Å². The highest BCUT2D eigenvalue weighted by Gasteiger charge is 2.34. The predicted octanol–water partition coefficient (Wildman–Crippen LogP) is 13.8. The van der Waals surface area contributed by atoms with E-state index in [-0.39, 0.29) is 5.92 Å². The molecule has 1 aliphatic carbocycles. The second kappa shape index (κ2) is 11.7. The molecule has 2 aliphatic heterocycles. The molecule has 0 N–H and O–H groups in total. The van der Waals surface area contributed by atoms with Crippen molar-refractivity contribution in [2.24, 2.45) is 0 Å². The van der Waals surface area contributed by atoms with Crippen molar-refractivity contribution in [1.82, 2.24) is 19.1 Å². The van der Waals surface area contributed by atoms with Crippen LogP contribution in [-0.2, 0) is 0 Å². The molecule has 0 radical (unpaired) electrons. The fourth-order valence-corrected chi connectivity index (χ4v) is 11.7. The van der Waals surface area contributed by atoms with Gasteiger partial charge in [-0.1, -0.05) is 146 Å². The number of thioether (sulfide) groups is 1. The lowest BCUT2D eigenvalue weighted by Crippen LogP contribution is -2.12. The van der Waals surface area contributed by atoms with Crippen LogP contribution in [0.5, 0.6) is 0 Å². The molecule has 14 rings (SSSR count). The lowest BCUT2D eigenvalue weighted by atomic mass is 9.88. The molecule has 0 bridgehead atoms.